The standard InChI is InChI=1S/C17H9Br2NO3/c18-12-7-13(16(22)17(23)14(19)8-12)15(21)6-5-10-1-3-11(9-20)4-2-10/h1-8H,(H,22,23)/b6-5-. The van der Waals surface area contributed by atoms with E-state index < -0.39 is 17.0 Å². The minimum Gasteiger partial charge on any atom is -0.504 e. The quantitative estimate of drug-likeness (QED) is 0.583. The first-order valence-electron chi connectivity index (χ1n) is 6.37. The fraction of sp³-hybridized carbons (Fsp3) is 0. The molecule has 0 spiro atoms. The van der Waals surface area contributed by atoms with Crippen LogP contribution in [0.1, 0.15) is 21.5 Å². The molecular formula is C17H9Br2NO3. The smallest absolute Gasteiger partial charge is 0.235 e. The first-order valence-corrected chi connectivity index (χ1v) is 7.96. The number of hydrogen-bond donors (Lipinski definition) is 1. The number of allylic oxidation sites excluding steroid dienone is 1. The Morgan fingerprint density at radius 1 is 1.17 bits per heavy atom. The summed E-state index contributed by atoms with van der Waals surface area (Å²) >= 11 is 6.25. The molecule has 2 aromatic rings. The molecule has 0 saturated carbocycles. The van der Waals surface area contributed by atoms with Gasteiger partial charge in [-0.2, -0.15) is 5.26 Å². The summed E-state index contributed by atoms with van der Waals surface area (Å²) in [5.74, 6) is -1.12. The molecule has 23 heavy (non-hydrogen) atoms. The van der Waals surface area contributed by atoms with Crippen molar-refractivity contribution in [1.82, 2.24) is 0 Å². The van der Waals surface area contributed by atoms with Gasteiger partial charge in [-0.05, 0) is 51.8 Å². The lowest BCUT2D eigenvalue weighted by molar-refractivity contribution is 0.104. The Bertz CT molecular complexity index is 897. The van der Waals surface area contributed by atoms with Gasteiger partial charge in [0.2, 0.25) is 5.43 Å². The average Bonchev–Trinajstić information content (AvgIpc) is 2.65. The minimum atomic E-state index is -0.661. The Hall–Kier alpha value is -2.23. The number of halogens is 2. The van der Waals surface area contributed by atoms with Gasteiger partial charge in [-0.3, -0.25) is 9.59 Å². The Labute approximate surface area is 149 Å². The Balaban J connectivity index is 2.38. The van der Waals surface area contributed by atoms with Crippen LogP contribution in [0.15, 0.2) is 56.2 Å². The number of aromatic hydroxyl groups is 1. The fourth-order valence-corrected chi connectivity index (χ4v) is 2.99. The average molecular weight is 435 g/mol. The van der Waals surface area contributed by atoms with Crippen LogP contribution in [-0.4, -0.2) is 10.9 Å². The molecule has 2 rings (SSSR count). The van der Waals surface area contributed by atoms with Crippen LogP contribution < -0.4 is 5.43 Å². The molecule has 0 aliphatic heterocycles. The number of ketones is 1. The zero-order valence-electron chi connectivity index (χ0n) is 11.6. The SMILES string of the molecule is N#Cc1ccc(/C=C\C(=O)c2cc(Br)cc(Br)c(=O)c2O)cc1. The molecular weight excluding hydrogens is 426 g/mol. The van der Waals surface area contributed by atoms with Crippen molar-refractivity contribution in [3.8, 4) is 11.8 Å². The maximum atomic E-state index is 12.2. The van der Waals surface area contributed by atoms with E-state index in [0.717, 1.165) is 5.56 Å². The number of carbonyl (C=O) groups excluding carboxylic acids is 1. The molecule has 6 heteroatoms. The molecule has 0 aromatic heterocycles. The van der Waals surface area contributed by atoms with Crippen molar-refractivity contribution in [2.45, 2.75) is 0 Å². The Morgan fingerprint density at radius 3 is 2.43 bits per heavy atom. The van der Waals surface area contributed by atoms with Crippen molar-refractivity contribution < 1.29 is 9.90 Å². The van der Waals surface area contributed by atoms with Gasteiger partial charge in [-0.15, -0.1) is 0 Å². The van der Waals surface area contributed by atoms with Crippen LogP contribution in [0.3, 0.4) is 0 Å². The zero-order valence-corrected chi connectivity index (χ0v) is 14.8. The van der Waals surface area contributed by atoms with Crippen LogP contribution in [0.25, 0.3) is 6.08 Å². The van der Waals surface area contributed by atoms with Gasteiger partial charge >= 0.3 is 0 Å². The van der Waals surface area contributed by atoms with Crippen molar-refractivity contribution in [3.05, 3.63) is 78.3 Å². The van der Waals surface area contributed by atoms with E-state index in [0.29, 0.717) is 10.0 Å². The van der Waals surface area contributed by atoms with Crippen LogP contribution >= 0.6 is 31.9 Å². The predicted molar refractivity (Wildman–Crippen MR) is 94.3 cm³/mol. The normalized spacial score (nSPS) is 10.5. The number of nitriles is 1. The molecule has 0 atom stereocenters. The van der Waals surface area contributed by atoms with Crippen molar-refractivity contribution in [2.24, 2.45) is 0 Å². The second-order valence-corrected chi connectivity index (χ2v) is 6.31. The summed E-state index contributed by atoms with van der Waals surface area (Å²) in [5.41, 5.74) is 0.481. The van der Waals surface area contributed by atoms with E-state index in [2.05, 4.69) is 31.9 Å². The monoisotopic (exact) mass is 433 g/mol. The Morgan fingerprint density at radius 2 is 1.83 bits per heavy atom. The molecule has 2 aromatic carbocycles. The topological polar surface area (TPSA) is 78.2 Å². The summed E-state index contributed by atoms with van der Waals surface area (Å²) in [4.78, 5) is 24.1. The van der Waals surface area contributed by atoms with Crippen molar-refractivity contribution in [1.29, 1.82) is 5.26 Å². The number of nitrogens with zero attached hydrogens (tertiary/aromatic N) is 1. The molecule has 0 heterocycles. The first-order chi connectivity index (χ1) is 10.9. The summed E-state index contributed by atoms with van der Waals surface area (Å²) in [6.45, 7) is 0. The van der Waals surface area contributed by atoms with Crippen LogP contribution in [-0.2, 0) is 0 Å². The summed E-state index contributed by atoms with van der Waals surface area (Å²) in [6.07, 6.45) is 2.81. The van der Waals surface area contributed by atoms with Gasteiger partial charge in [0.05, 0.1) is 21.7 Å². The molecule has 0 amide bonds. The van der Waals surface area contributed by atoms with Gasteiger partial charge in [-0.1, -0.05) is 34.1 Å². The fourth-order valence-electron chi connectivity index (χ4n) is 1.79. The van der Waals surface area contributed by atoms with Crippen LogP contribution in [0.5, 0.6) is 5.75 Å². The molecule has 0 radical (unpaired) electrons. The maximum absolute atomic E-state index is 12.2. The molecule has 114 valence electrons. The second-order valence-electron chi connectivity index (χ2n) is 4.54. The Kier molecular flexibility index (Phi) is 5.48. The third-order valence-corrected chi connectivity index (χ3v) is 4.01. The highest BCUT2D eigenvalue weighted by Gasteiger charge is 2.13. The van der Waals surface area contributed by atoms with Gasteiger partial charge < -0.3 is 5.11 Å². The summed E-state index contributed by atoms with van der Waals surface area (Å²) in [7, 11) is 0. The van der Waals surface area contributed by atoms with Crippen LogP contribution in [0.4, 0.5) is 0 Å². The molecule has 0 aliphatic rings. The second kappa shape index (κ2) is 7.36. The molecule has 0 saturated heterocycles. The van der Waals surface area contributed by atoms with Gasteiger partial charge in [0.15, 0.2) is 11.5 Å². The van der Waals surface area contributed by atoms with Crippen LogP contribution in [0, 0.1) is 11.3 Å². The van der Waals surface area contributed by atoms with E-state index in [9.17, 15) is 14.7 Å². The predicted octanol–water partition coefficient (Wildman–Crippen LogP) is 4.05. The van der Waals surface area contributed by atoms with Gasteiger partial charge in [-0.25, -0.2) is 0 Å². The van der Waals surface area contributed by atoms with Gasteiger partial charge in [0, 0.05) is 4.47 Å². The third-order valence-electron chi connectivity index (χ3n) is 2.97. The summed E-state index contributed by atoms with van der Waals surface area (Å²) in [5, 5.41) is 18.7. The lowest BCUT2D eigenvalue weighted by Gasteiger charge is -1.96. The van der Waals surface area contributed by atoms with Gasteiger partial charge in [0.25, 0.3) is 0 Å². The highest BCUT2D eigenvalue weighted by Crippen LogP contribution is 2.21. The number of hydrogen-bond acceptors (Lipinski definition) is 4. The number of benzene rings is 1. The van der Waals surface area contributed by atoms with Crippen LogP contribution in [0.2, 0.25) is 0 Å². The molecule has 0 unspecified atom stereocenters. The van der Waals surface area contributed by atoms with E-state index in [4.69, 9.17) is 5.26 Å². The number of carbonyl (C=O) groups is 1. The first kappa shape index (κ1) is 17.1. The number of rotatable bonds is 3. The molecule has 4 nitrogen and oxygen atoms in total. The van der Waals surface area contributed by atoms with Crippen molar-refractivity contribution in [3.63, 3.8) is 0 Å². The molecule has 0 bridgehead atoms. The van der Waals surface area contributed by atoms with E-state index >= 15 is 0 Å². The van der Waals surface area contributed by atoms with E-state index in [1.54, 1.807) is 30.3 Å². The summed E-state index contributed by atoms with van der Waals surface area (Å²) in [6, 6.07) is 11.5. The largest absolute Gasteiger partial charge is 0.504 e. The third kappa shape index (κ3) is 4.15. The molecule has 1 N–H and O–H groups in total. The molecule has 0 fully saturated rings. The highest BCUT2D eigenvalue weighted by atomic mass is 79.9. The maximum Gasteiger partial charge on any atom is 0.235 e. The lowest BCUT2D eigenvalue weighted by atomic mass is 10.1. The lowest BCUT2D eigenvalue weighted by Crippen LogP contribution is -2.03. The van der Waals surface area contributed by atoms with E-state index in [1.165, 1.54) is 18.2 Å². The zero-order chi connectivity index (χ0) is 17.0. The van der Waals surface area contributed by atoms with E-state index in [-0.39, 0.29) is 10.0 Å². The van der Waals surface area contributed by atoms with Crippen molar-refractivity contribution >= 4 is 43.7 Å². The minimum absolute atomic E-state index is 0.0996. The summed E-state index contributed by atoms with van der Waals surface area (Å²) < 4.78 is 0.633. The van der Waals surface area contributed by atoms with Crippen molar-refractivity contribution in [2.75, 3.05) is 0 Å². The van der Waals surface area contributed by atoms with Gasteiger partial charge in [0.1, 0.15) is 0 Å². The highest BCUT2D eigenvalue weighted by molar-refractivity contribution is 9.11. The molecule has 0 aliphatic carbocycles. The van der Waals surface area contributed by atoms with E-state index in [1.807, 2.05) is 6.07 Å².